The van der Waals surface area contributed by atoms with Gasteiger partial charge in [-0.3, -0.25) is 4.90 Å². The minimum atomic E-state index is -1.22. The van der Waals surface area contributed by atoms with Crippen molar-refractivity contribution in [2.75, 3.05) is 20.8 Å². The maximum Gasteiger partial charge on any atom is 0.161 e. The van der Waals surface area contributed by atoms with Gasteiger partial charge >= 0.3 is 0 Å². The van der Waals surface area contributed by atoms with Gasteiger partial charge in [-0.05, 0) is 30.8 Å². The SMILES string of the molecule is COc1ccc(C(CO)N(C)Cc2cc(F)c(F)cc2F)cc1. The van der Waals surface area contributed by atoms with Crippen LogP contribution in [0.15, 0.2) is 36.4 Å². The maximum atomic E-state index is 13.7. The largest absolute Gasteiger partial charge is 0.497 e. The number of nitrogens with zero attached hydrogens (tertiary/aromatic N) is 1. The molecule has 0 aliphatic rings. The molecule has 23 heavy (non-hydrogen) atoms. The molecule has 3 nitrogen and oxygen atoms in total. The first-order valence-electron chi connectivity index (χ1n) is 7.04. The van der Waals surface area contributed by atoms with Crippen molar-refractivity contribution in [2.45, 2.75) is 12.6 Å². The zero-order chi connectivity index (χ0) is 17.0. The number of benzene rings is 2. The summed E-state index contributed by atoms with van der Waals surface area (Å²) < 4.78 is 45.1. The molecular formula is C17H18F3NO2. The lowest BCUT2D eigenvalue weighted by atomic mass is 10.1. The molecule has 0 saturated heterocycles. The first kappa shape index (κ1) is 17.3. The Balaban J connectivity index is 2.19. The van der Waals surface area contributed by atoms with Gasteiger partial charge in [0.25, 0.3) is 0 Å². The third kappa shape index (κ3) is 4.03. The predicted molar refractivity (Wildman–Crippen MR) is 80.6 cm³/mol. The summed E-state index contributed by atoms with van der Waals surface area (Å²) in [5.41, 5.74) is 0.831. The van der Waals surface area contributed by atoms with E-state index >= 15 is 0 Å². The van der Waals surface area contributed by atoms with Crippen molar-refractivity contribution in [3.63, 3.8) is 0 Å². The van der Waals surface area contributed by atoms with E-state index in [1.807, 2.05) is 0 Å². The minimum absolute atomic E-state index is 0.0263. The minimum Gasteiger partial charge on any atom is -0.497 e. The zero-order valence-corrected chi connectivity index (χ0v) is 12.9. The van der Waals surface area contributed by atoms with Crippen LogP contribution < -0.4 is 4.74 Å². The monoisotopic (exact) mass is 325 g/mol. The van der Waals surface area contributed by atoms with Crippen molar-refractivity contribution in [3.05, 3.63) is 65.0 Å². The van der Waals surface area contributed by atoms with Crippen LogP contribution in [0.1, 0.15) is 17.2 Å². The van der Waals surface area contributed by atoms with Crippen LogP contribution >= 0.6 is 0 Å². The molecule has 2 aromatic carbocycles. The number of aliphatic hydroxyl groups excluding tert-OH is 1. The molecule has 0 bridgehead atoms. The number of aliphatic hydroxyl groups is 1. The van der Waals surface area contributed by atoms with Crippen molar-refractivity contribution in [1.82, 2.24) is 4.90 Å². The molecule has 124 valence electrons. The molecule has 0 spiro atoms. The summed E-state index contributed by atoms with van der Waals surface area (Å²) in [4.78, 5) is 1.66. The van der Waals surface area contributed by atoms with Gasteiger partial charge in [-0.15, -0.1) is 0 Å². The Morgan fingerprint density at radius 3 is 2.22 bits per heavy atom. The molecule has 0 heterocycles. The number of methoxy groups -OCH3 is 1. The average molecular weight is 325 g/mol. The van der Waals surface area contributed by atoms with E-state index in [0.29, 0.717) is 11.8 Å². The average Bonchev–Trinajstić information content (AvgIpc) is 2.54. The molecule has 2 rings (SSSR count). The van der Waals surface area contributed by atoms with Crippen molar-refractivity contribution in [1.29, 1.82) is 0 Å². The van der Waals surface area contributed by atoms with Crippen LogP contribution in [-0.2, 0) is 6.54 Å². The molecule has 0 amide bonds. The highest BCUT2D eigenvalue weighted by molar-refractivity contribution is 5.29. The highest BCUT2D eigenvalue weighted by Crippen LogP contribution is 2.24. The molecule has 1 atom stereocenters. The fourth-order valence-corrected chi connectivity index (χ4v) is 2.39. The fraction of sp³-hybridized carbons (Fsp3) is 0.294. The van der Waals surface area contributed by atoms with Crippen LogP contribution in [0.25, 0.3) is 0 Å². The molecule has 0 radical (unpaired) electrons. The molecule has 2 aromatic rings. The molecule has 6 heteroatoms. The Hall–Kier alpha value is -2.05. The Morgan fingerprint density at radius 2 is 1.65 bits per heavy atom. The summed E-state index contributed by atoms with van der Waals surface area (Å²) in [7, 11) is 3.22. The van der Waals surface area contributed by atoms with Gasteiger partial charge in [0.1, 0.15) is 11.6 Å². The van der Waals surface area contributed by atoms with E-state index < -0.39 is 23.5 Å². The maximum absolute atomic E-state index is 13.7. The number of likely N-dealkylation sites (N-methyl/N-ethyl adjacent to an activating group) is 1. The number of hydrogen-bond acceptors (Lipinski definition) is 3. The number of hydrogen-bond donors (Lipinski definition) is 1. The third-order valence-electron chi connectivity index (χ3n) is 3.71. The van der Waals surface area contributed by atoms with E-state index in [0.717, 1.165) is 11.6 Å². The van der Waals surface area contributed by atoms with Crippen molar-refractivity contribution < 1.29 is 23.0 Å². The van der Waals surface area contributed by atoms with E-state index in [1.165, 1.54) is 0 Å². The first-order valence-corrected chi connectivity index (χ1v) is 7.04. The molecule has 0 saturated carbocycles. The van der Waals surface area contributed by atoms with Crippen LogP contribution in [0, 0.1) is 17.5 Å². The quantitative estimate of drug-likeness (QED) is 0.828. The van der Waals surface area contributed by atoms with E-state index in [1.54, 1.807) is 43.3 Å². The Bertz CT molecular complexity index is 662. The predicted octanol–water partition coefficient (Wildman–Crippen LogP) is 3.28. The Morgan fingerprint density at radius 1 is 1.04 bits per heavy atom. The van der Waals surface area contributed by atoms with Crippen LogP contribution in [0.3, 0.4) is 0 Å². The first-order chi connectivity index (χ1) is 11.0. The lowest BCUT2D eigenvalue weighted by Crippen LogP contribution is -2.27. The molecule has 1 unspecified atom stereocenters. The molecular weight excluding hydrogens is 307 g/mol. The number of rotatable bonds is 6. The summed E-state index contributed by atoms with van der Waals surface area (Å²) in [5, 5.41) is 9.62. The Labute approximate surface area is 132 Å². The number of halogens is 3. The van der Waals surface area contributed by atoms with E-state index in [4.69, 9.17) is 4.74 Å². The zero-order valence-electron chi connectivity index (χ0n) is 12.9. The second-order valence-electron chi connectivity index (χ2n) is 5.24. The normalized spacial score (nSPS) is 12.5. The lowest BCUT2D eigenvalue weighted by Gasteiger charge is -2.27. The van der Waals surface area contributed by atoms with Crippen LogP contribution in [-0.4, -0.2) is 30.8 Å². The van der Waals surface area contributed by atoms with Gasteiger partial charge in [0.05, 0.1) is 19.8 Å². The van der Waals surface area contributed by atoms with Gasteiger partial charge in [-0.2, -0.15) is 0 Å². The van der Waals surface area contributed by atoms with E-state index in [-0.39, 0.29) is 18.7 Å². The van der Waals surface area contributed by atoms with E-state index in [2.05, 4.69) is 0 Å². The molecule has 0 aromatic heterocycles. The summed E-state index contributed by atoms with van der Waals surface area (Å²) in [5.74, 6) is -2.45. The van der Waals surface area contributed by atoms with Crippen LogP contribution in [0.5, 0.6) is 5.75 Å². The second-order valence-corrected chi connectivity index (χ2v) is 5.24. The molecule has 0 fully saturated rings. The smallest absolute Gasteiger partial charge is 0.161 e. The van der Waals surface area contributed by atoms with Gasteiger partial charge in [0, 0.05) is 18.2 Å². The lowest BCUT2D eigenvalue weighted by molar-refractivity contribution is 0.141. The van der Waals surface area contributed by atoms with Crippen molar-refractivity contribution in [3.8, 4) is 5.75 Å². The Kier molecular flexibility index (Phi) is 5.63. The number of ether oxygens (including phenoxy) is 1. The van der Waals surface area contributed by atoms with Gasteiger partial charge in [0.15, 0.2) is 11.6 Å². The van der Waals surface area contributed by atoms with Gasteiger partial charge < -0.3 is 9.84 Å². The van der Waals surface area contributed by atoms with Crippen molar-refractivity contribution in [2.24, 2.45) is 0 Å². The molecule has 1 N–H and O–H groups in total. The van der Waals surface area contributed by atoms with Crippen LogP contribution in [0.2, 0.25) is 0 Å². The highest BCUT2D eigenvalue weighted by atomic mass is 19.2. The van der Waals surface area contributed by atoms with Gasteiger partial charge in [-0.1, -0.05) is 12.1 Å². The summed E-state index contributed by atoms with van der Waals surface area (Å²) in [6.07, 6.45) is 0. The second kappa shape index (κ2) is 7.48. The standard InChI is InChI=1S/C17H18F3NO2/c1-21(9-12-7-15(19)16(20)8-14(12)18)17(10-22)11-3-5-13(23-2)6-4-11/h3-8,17,22H,9-10H2,1-2H3. The fourth-order valence-electron chi connectivity index (χ4n) is 2.39. The summed E-state index contributed by atoms with van der Waals surface area (Å²) >= 11 is 0. The molecule has 0 aliphatic heterocycles. The molecule has 0 aliphatic carbocycles. The summed E-state index contributed by atoms with van der Waals surface area (Å²) in [6, 6.07) is 8.04. The topological polar surface area (TPSA) is 32.7 Å². The summed E-state index contributed by atoms with van der Waals surface area (Å²) in [6.45, 7) is -0.172. The van der Waals surface area contributed by atoms with Gasteiger partial charge in [0.2, 0.25) is 0 Å². The van der Waals surface area contributed by atoms with Crippen LogP contribution in [0.4, 0.5) is 13.2 Å². The van der Waals surface area contributed by atoms with Crippen molar-refractivity contribution >= 4 is 0 Å². The van der Waals surface area contributed by atoms with Gasteiger partial charge in [-0.25, -0.2) is 13.2 Å². The van der Waals surface area contributed by atoms with E-state index in [9.17, 15) is 18.3 Å². The third-order valence-corrected chi connectivity index (χ3v) is 3.71. The highest BCUT2D eigenvalue weighted by Gasteiger charge is 2.19.